The maximum atomic E-state index is 12.7. The minimum absolute atomic E-state index is 0. The number of carbonyl (C=O) groups is 2. The third-order valence-corrected chi connectivity index (χ3v) is 13.2. The molecule has 10 unspecified atom stereocenters. The summed E-state index contributed by atoms with van der Waals surface area (Å²) in [6, 6.07) is -3.12. The molecule has 0 saturated carbocycles. The molecule has 24 atom stereocenters. The van der Waals surface area contributed by atoms with Crippen LogP contribution in [-0.4, -0.2) is 219 Å². The van der Waals surface area contributed by atoms with Crippen LogP contribution in [0, 0.1) is 62.7 Å². The number of carboxylic acids is 1. The molecule has 5 rings (SSSR count). The van der Waals surface area contributed by atoms with Crippen molar-refractivity contribution in [3.05, 3.63) is 58.5 Å². The molecule has 53 heteroatoms. The van der Waals surface area contributed by atoms with Crippen LogP contribution < -0.4 is 148 Å². The Bertz CT molecular complexity index is 2780. The number of carbonyl (C=O) groups excluding carboxylic acids is 1. The predicted octanol–water partition coefficient (Wildman–Crippen LogP) is -15.5. The maximum absolute atomic E-state index is 12.7. The molecule has 494 valence electrons. The molecular formula is C37H58N9Na5O34S5-4. The Morgan fingerprint density at radius 2 is 0.933 bits per heavy atom. The first-order chi connectivity index (χ1) is 38.7. The fourth-order valence-corrected chi connectivity index (χ4v) is 9.06. The minimum Gasteiger partial charge on any atom is -0.726 e. The van der Waals surface area contributed by atoms with Gasteiger partial charge in [-0.1, -0.05) is 70.1 Å². The van der Waals surface area contributed by atoms with Gasteiger partial charge in [0.1, 0.15) is 24.6 Å². The third kappa shape index (κ3) is 37.1. The van der Waals surface area contributed by atoms with E-state index in [0.717, 1.165) is 0 Å². The van der Waals surface area contributed by atoms with Gasteiger partial charge in [0.2, 0.25) is 58.3 Å². The van der Waals surface area contributed by atoms with Crippen molar-refractivity contribution in [2.45, 2.75) is 152 Å². The second kappa shape index (κ2) is 44.8. The van der Waals surface area contributed by atoms with Crippen LogP contribution in [0.4, 0.5) is 0 Å². The van der Waals surface area contributed by atoms with Gasteiger partial charge in [-0.05, 0) is 57.3 Å². The zero-order valence-corrected chi connectivity index (χ0v) is 63.9. The summed E-state index contributed by atoms with van der Waals surface area (Å²) >= 11 is 0. The molecule has 43 nitrogen and oxygen atoms in total. The Balaban J connectivity index is -0.000000835. The Morgan fingerprint density at radius 3 is 1.36 bits per heavy atom. The Kier molecular flexibility index (Phi) is 49.5. The van der Waals surface area contributed by atoms with E-state index in [9.17, 15) is 38.7 Å². The van der Waals surface area contributed by atoms with Gasteiger partial charge in [-0.2, -0.15) is 0 Å². The average molecular weight is 1450 g/mol. The Hall–Kier alpha value is 0.820. The van der Waals surface area contributed by atoms with Gasteiger partial charge in [0.15, 0.2) is 31.3 Å². The van der Waals surface area contributed by atoms with Crippen LogP contribution in [0.3, 0.4) is 0 Å². The Morgan fingerprint density at radius 1 is 0.511 bits per heavy atom. The summed E-state index contributed by atoms with van der Waals surface area (Å²) in [5.74, 6) is -4.84. The second-order valence-electron chi connectivity index (χ2n) is 18.2. The van der Waals surface area contributed by atoms with E-state index in [2.05, 4.69) is 50.8 Å². The molecule has 5 saturated heterocycles. The SMILES string of the molecule is O=S(=O)([O-])O.O=S(=O)([O-])O.O=S(=O)([O-])O.O=S(=O)([O-])O.[CH2-]C1O[C@H](O[C@@H]2C(OC=O)O[C@@H](O[C@@H]3C([CH2-])O[C@H](OC)C(N=[N+]=[N-])[C@H]3C)C(OS(=O)(=O)[O-])[C@H]2C)C(N=[N+]=[N-])[CH-][C@@H]1O[C@@H]1OC(C(=O)O)[C@@H](O[C@H]2OC([CH2-])[C@@H](C)[C@H](C)C2N=[N+]=[N-])[C@H](C)C1C.[Na+].[Na+].[Na+].[Na+].[Na+]. The van der Waals surface area contributed by atoms with Crippen LogP contribution >= 0.6 is 0 Å². The summed E-state index contributed by atoms with van der Waals surface area (Å²) in [5.41, 5.74) is 28.0. The fourth-order valence-electron chi connectivity index (χ4n) is 8.52. The van der Waals surface area contributed by atoms with E-state index >= 15 is 0 Å². The molecule has 0 aromatic heterocycles. The number of methoxy groups -OCH3 is 1. The average Bonchev–Trinajstić information content (AvgIpc) is 1.02. The zero-order chi connectivity index (χ0) is 66.1. The van der Waals surface area contributed by atoms with E-state index in [0.29, 0.717) is 0 Å². The number of azide groups is 3. The monoisotopic (exact) mass is 1450 g/mol. The quantitative estimate of drug-likeness (QED) is 0.0132. The van der Waals surface area contributed by atoms with Crippen LogP contribution in [0.25, 0.3) is 31.3 Å². The number of hydrogen-bond donors (Lipinski definition) is 5. The predicted molar refractivity (Wildman–Crippen MR) is 263 cm³/mol. The summed E-state index contributed by atoms with van der Waals surface area (Å²) in [6.45, 7) is 22.1. The molecule has 0 bridgehead atoms. The molecule has 0 amide bonds. The van der Waals surface area contributed by atoms with E-state index in [1.807, 2.05) is 13.8 Å². The number of hydrogen-bond acceptors (Lipinski definition) is 32. The van der Waals surface area contributed by atoms with E-state index in [1.165, 1.54) is 20.5 Å². The fraction of sp³-hybridized carbons (Fsp3) is 0.838. The van der Waals surface area contributed by atoms with Crippen molar-refractivity contribution in [1.29, 1.82) is 0 Å². The summed E-state index contributed by atoms with van der Waals surface area (Å²) in [5, 5.41) is 21.7. The topological polar surface area (TPSA) is 678 Å². The number of aliphatic carboxylic acids is 1. The van der Waals surface area contributed by atoms with Crippen molar-refractivity contribution < 1.29 is 302 Å². The molecule has 0 radical (unpaired) electrons. The van der Waals surface area contributed by atoms with E-state index < -0.39 is 192 Å². The van der Waals surface area contributed by atoms with Gasteiger partial charge in [0, 0.05) is 28.8 Å². The second-order valence-corrected chi connectivity index (χ2v) is 22.7. The van der Waals surface area contributed by atoms with E-state index in [1.54, 1.807) is 20.8 Å². The normalized spacial score (nSPS) is 35.6. The summed E-state index contributed by atoms with van der Waals surface area (Å²) < 4.78 is 237. The molecule has 5 heterocycles. The van der Waals surface area contributed by atoms with Crippen LogP contribution in [-0.2, 0) is 118 Å². The first-order valence-corrected chi connectivity index (χ1v) is 30.1. The summed E-state index contributed by atoms with van der Waals surface area (Å²) in [6.07, 6.45) is -18.2. The van der Waals surface area contributed by atoms with Gasteiger partial charge in [-0.25, -0.2) is 46.9 Å². The van der Waals surface area contributed by atoms with Gasteiger partial charge in [-0.3, -0.25) is 33.6 Å². The van der Waals surface area contributed by atoms with Gasteiger partial charge < -0.3 is 101 Å². The van der Waals surface area contributed by atoms with Crippen molar-refractivity contribution in [3.8, 4) is 0 Å². The standard InChI is InChI=1S/C37H55N9O18S.5Na.4H2O4S/c1-13-14(2)24(42-45-39)35(55-19(13)7)60-27-15(3)16(4)32(62-30(27)31(48)49)58-23-11-22(41-44-38)33(56-20(23)8)61-28-18(6)29(64-65(50,51)52)37(63-36(28)54-12-47)59-26-17(5)25(43-46-40)34(53-10)57-21(26)9;;;;;;4*1-5(2,3)4/h11-30,32-37H,7-9H2,1-6,10H3,(H,48,49)(H,50,51,52);;;;;;4*(H2,1,2,3,4)/q-4;5*+1;;;;/p-5/t13-,14-,15+,16?,17+,18-,19?,20?,21?,22?,23-,24?,25?,26-,27-,28-,29?,30?,32+,33+,34-,35+,36?,37+;;;;;;;;;/m0........./s1. The van der Waals surface area contributed by atoms with Gasteiger partial charge in [0.05, 0.1) is 18.2 Å². The first-order valence-electron chi connectivity index (χ1n) is 23.3. The maximum Gasteiger partial charge on any atom is 1.00 e. The molecule has 5 N–H and O–H groups in total. The largest absolute Gasteiger partial charge is 1.00 e. The summed E-state index contributed by atoms with van der Waals surface area (Å²) in [7, 11) is -23.8. The van der Waals surface area contributed by atoms with E-state index in [-0.39, 0.29) is 166 Å². The van der Waals surface area contributed by atoms with Gasteiger partial charge >= 0.3 is 154 Å². The van der Waals surface area contributed by atoms with Crippen molar-refractivity contribution in [2.24, 2.45) is 50.9 Å². The van der Waals surface area contributed by atoms with Crippen LogP contribution in [0.2, 0.25) is 0 Å². The summed E-state index contributed by atoms with van der Waals surface area (Å²) in [4.78, 5) is 33.1. The number of ether oxygens (including phenoxy) is 11. The number of rotatable bonds is 17. The van der Waals surface area contributed by atoms with E-state index in [4.69, 9.17) is 132 Å². The van der Waals surface area contributed by atoms with Crippen LogP contribution in [0.5, 0.6) is 0 Å². The Labute approximate surface area is 627 Å². The molecule has 0 spiro atoms. The number of carboxylic acid groups (broad SMARTS) is 1. The van der Waals surface area contributed by atoms with Gasteiger partial charge in [-0.15, -0.1) is 5.11 Å². The molecule has 5 aliphatic heterocycles. The van der Waals surface area contributed by atoms with Crippen molar-refractivity contribution in [2.75, 3.05) is 7.11 Å². The molecular weight excluding hydrogens is 1390 g/mol. The van der Waals surface area contributed by atoms with Crippen molar-refractivity contribution in [1.82, 2.24) is 0 Å². The number of nitrogens with zero attached hydrogens (tertiary/aromatic N) is 9. The van der Waals surface area contributed by atoms with Crippen molar-refractivity contribution in [3.63, 3.8) is 0 Å². The molecule has 0 aliphatic carbocycles. The molecule has 5 fully saturated rings. The van der Waals surface area contributed by atoms with Crippen LogP contribution in [0.1, 0.15) is 41.5 Å². The smallest absolute Gasteiger partial charge is 0.726 e. The zero-order valence-electron chi connectivity index (χ0n) is 49.8. The third-order valence-electron chi connectivity index (χ3n) is 12.7. The van der Waals surface area contributed by atoms with Crippen molar-refractivity contribution >= 4 is 64.4 Å². The van der Waals surface area contributed by atoms with Crippen LogP contribution in [0.15, 0.2) is 15.3 Å². The van der Waals surface area contributed by atoms with Gasteiger partial charge in [0.25, 0.3) is 6.47 Å². The minimum atomic E-state index is -5.49. The molecule has 0 aromatic rings. The molecule has 90 heavy (non-hydrogen) atoms. The first kappa shape index (κ1) is 99.5. The molecule has 5 aliphatic rings. The molecule has 0 aromatic carbocycles.